The van der Waals surface area contributed by atoms with Crippen molar-refractivity contribution < 1.29 is 9.53 Å². The first-order chi connectivity index (χ1) is 9.08. The van der Waals surface area contributed by atoms with E-state index in [0.29, 0.717) is 11.6 Å². The Morgan fingerprint density at radius 3 is 2.89 bits per heavy atom. The monoisotopic (exact) mass is 262 g/mol. The predicted molar refractivity (Wildman–Crippen MR) is 75.6 cm³/mol. The molecule has 0 bridgehead atoms. The van der Waals surface area contributed by atoms with Gasteiger partial charge in [0.15, 0.2) is 0 Å². The minimum absolute atomic E-state index is 0.0582. The van der Waals surface area contributed by atoms with E-state index in [1.807, 2.05) is 50.1 Å². The molecule has 4 nitrogen and oxygen atoms in total. The number of benzene rings is 1. The number of hydrogen-bond donors (Lipinski definition) is 1. The molecule has 1 fully saturated rings. The Hall–Kier alpha value is -1.55. The van der Waals surface area contributed by atoms with E-state index in [1.54, 1.807) is 0 Å². The van der Waals surface area contributed by atoms with Crippen LogP contribution in [0.5, 0.6) is 5.75 Å². The summed E-state index contributed by atoms with van der Waals surface area (Å²) in [5.74, 6) is 0.807. The lowest BCUT2D eigenvalue weighted by Crippen LogP contribution is -2.38. The number of hydrogen-bond acceptors (Lipinski definition) is 3. The molecule has 0 saturated carbocycles. The van der Waals surface area contributed by atoms with Gasteiger partial charge in [0.1, 0.15) is 5.75 Å². The highest BCUT2D eigenvalue weighted by Crippen LogP contribution is 2.18. The molecule has 4 heteroatoms. The van der Waals surface area contributed by atoms with Gasteiger partial charge in [-0.1, -0.05) is 6.07 Å². The molecule has 19 heavy (non-hydrogen) atoms. The smallest absolute Gasteiger partial charge is 0.254 e. The second kappa shape index (κ2) is 6.06. The zero-order chi connectivity index (χ0) is 13.8. The van der Waals surface area contributed by atoms with Gasteiger partial charge in [0, 0.05) is 25.2 Å². The summed E-state index contributed by atoms with van der Waals surface area (Å²) in [5, 5.41) is 3.28. The maximum absolute atomic E-state index is 12.4. The number of carbonyl (C=O) groups is 1. The molecular weight excluding hydrogens is 240 g/mol. The number of rotatable bonds is 4. The normalized spacial score (nSPS) is 18.6. The molecule has 1 atom stereocenters. The minimum atomic E-state index is 0.0582. The Bertz CT molecular complexity index is 440. The first-order valence-electron chi connectivity index (χ1n) is 6.82. The number of amides is 1. The van der Waals surface area contributed by atoms with Gasteiger partial charge in [-0.15, -0.1) is 0 Å². The average molecular weight is 262 g/mol. The van der Waals surface area contributed by atoms with Gasteiger partial charge in [-0.25, -0.2) is 0 Å². The van der Waals surface area contributed by atoms with E-state index >= 15 is 0 Å². The topological polar surface area (TPSA) is 41.6 Å². The number of likely N-dealkylation sites (N-methyl/N-ethyl adjacent to an activating group) is 1. The van der Waals surface area contributed by atoms with Crippen LogP contribution < -0.4 is 10.1 Å². The molecule has 0 radical (unpaired) electrons. The van der Waals surface area contributed by atoms with Gasteiger partial charge < -0.3 is 15.0 Å². The molecule has 1 amide bonds. The highest BCUT2D eigenvalue weighted by atomic mass is 16.5. The Kier molecular flexibility index (Phi) is 4.43. The van der Waals surface area contributed by atoms with E-state index in [-0.39, 0.29) is 12.0 Å². The maximum Gasteiger partial charge on any atom is 0.254 e. The third-order valence-electron chi connectivity index (χ3n) is 3.36. The van der Waals surface area contributed by atoms with Gasteiger partial charge in [0.05, 0.1) is 6.10 Å². The largest absolute Gasteiger partial charge is 0.491 e. The van der Waals surface area contributed by atoms with Crippen molar-refractivity contribution in [2.75, 3.05) is 20.1 Å². The molecular formula is C15H22N2O2. The van der Waals surface area contributed by atoms with E-state index in [0.717, 1.165) is 25.3 Å². The fourth-order valence-corrected chi connectivity index (χ4v) is 2.31. The van der Waals surface area contributed by atoms with Crippen molar-refractivity contribution in [2.24, 2.45) is 0 Å². The van der Waals surface area contributed by atoms with Crippen LogP contribution in [0, 0.1) is 0 Å². The Balaban J connectivity index is 2.09. The summed E-state index contributed by atoms with van der Waals surface area (Å²) >= 11 is 0. The van der Waals surface area contributed by atoms with E-state index in [9.17, 15) is 4.79 Å². The van der Waals surface area contributed by atoms with Crippen LogP contribution in [0.15, 0.2) is 24.3 Å². The molecule has 0 spiro atoms. The molecule has 2 rings (SSSR count). The highest BCUT2D eigenvalue weighted by molar-refractivity contribution is 5.94. The Labute approximate surface area is 114 Å². The highest BCUT2D eigenvalue weighted by Gasteiger charge is 2.24. The lowest BCUT2D eigenvalue weighted by Gasteiger charge is -2.24. The molecule has 1 heterocycles. The molecule has 1 aliphatic heterocycles. The third kappa shape index (κ3) is 3.47. The van der Waals surface area contributed by atoms with Gasteiger partial charge in [-0.2, -0.15) is 0 Å². The number of carbonyl (C=O) groups excluding carboxylic acids is 1. The summed E-state index contributed by atoms with van der Waals surface area (Å²) in [4.78, 5) is 14.2. The lowest BCUT2D eigenvalue weighted by atomic mass is 10.1. The standard InChI is InChI=1S/C15H22N2O2/c1-11(2)19-14-6-4-5-12(9-14)15(18)17(3)13-7-8-16-10-13/h4-6,9,11,13,16H,7-8,10H2,1-3H3/t13-/m1/s1. The van der Waals surface area contributed by atoms with E-state index in [4.69, 9.17) is 4.74 Å². The van der Waals surface area contributed by atoms with Crippen LogP contribution in [0.2, 0.25) is 0 Å². The van der Waals surface area contributed by atoms with Crippen molar-refractivity contribution >= 4 is 5.91 Å². The van der Waals surface area contributed by atoms with Crippen molar-refractivity contribution in [3.63, 3.8) is 0 Å². The van der Waals surface area contributed by atoms with Crippen molar-refractivity contribution in [2.45, 2.75) is 32.4 Å². The van der Waals surface area contributed by atoms with E-state index in [1.165, 1.54) is 0 Å². The summed E-state index contributed by atoms with van der Waals surface area (Å²) in [6.45, 7) is 5.82. The first-order valence-corrected chi connectivity index (χ1v) is 6.82. The predicted octanol–water partition coefficient (Wildman–Crippen LogP) is 1.91. The van der Waals surface area contributed by atoms with Crippen LogP contribution >= 0.6 is 0 Å². The van der Waals surface area contributed by atoms with Crippen LogP contribution in [0.3, 0.4) is 0 Å². The molecule has 104 valence electrons. The van der Waals surface area contributed by atoms with Crippen LogP contribution in [0.4, 0.5) is 0 Å². The molecule has 0 aliphatic carbocycles. The van der Waals surface area contributed by atoms with Gasteiger partial charge >= 0.3 is 0 Å². The summed E-state index contributed by atoms with van der Waals surface area (Å²) in [6, 6.07) is 7.71. The Morgan fingerprint density at radius 1 is 1.47 bits per heavy atom. The zero-order valence-corrected chi connectivity index (χ0v) is 11.8. The van der Waals surface area contributed by atoms with Crippen LogP contribution in [0.1, 0.15) is 30.6 Å². The number of nitrogens with zero attached hydrogens (tertiary/aromatic N) is 1. The summed E-state index contributed by atoms with van der Waals surface area (Å²) in [7, 11) is 1.87. The lowest BCUT2D eigenvalue weighted by molar-refractivity contribution is 0.0743. The summed E-state index contributed by atoms with van der Waals surface area (Å²) in [5.41, 5.74) is 0.688. The summed E-state index contributed by atoms with van der Waals surface area (Å²) < 4.78 is 5.63. The molecule has 1 aliphatic rings. The Morgan fingerprint density at radius 2 is 2.26 bits per heavy atom. The third-order valence-corrected chi connectivity index (χ3v) is 3.36. The first kappa shape index (κ1) is 13.9. The van der Waals surface area contributed by atoms with Crippen LogP contribution in [-0.4, -0.2) is 43.1 Å². The molecule has 1 aromatic rings. The van der Waals surface area contributed by atoms with E-state index < -0.39 is 0 Å². The second-order valence-corrected chi connectivity index (χ2v) is 5.26. The number of nitrogens with one attached hydrogen (secondary N) is 1. The molecule has 1 saturated heterocycles. The maximum atomic E-state index is 12.4. The van der Waals surface area contributed by atoms with Gasteiger partial charge in [0.25, 0.3) is 5.91 Å². The van der Waals surface area contributed by atoms with Crippen molar-refractivity contribution in [3.8, 4) is 5.75 Å². The van der Waals surface area contributed by atoms with Crippen LogP contribution in [-0.2, 0) is 0 Å². The molecule has 0 unspecified atom stereocenters. The van der Waals surface area contributed by atoms with E-state index in [2.05, 4.69) is 5.32 Å². The van der Waals surface area contributed by atoms with Crippen molar-refractivity contribution in [1.29, 1.82) is 0 Å². The summed E-state index contributed by atoms with van der Waals surface area (Å²) in [6.07, 6.45) is 1.13. The molecule has 0 aromatic heterocycles. The van der Waals surface area contributed by atoms with Gasteiger partial charge in [-0.3, -0.25) is 4.79 Å². The average Bonchev–Trinajstić information content (AvgIpc) is 2.90. The van der Waals surface area contributed by atoms with Gasteiger partial charge in [0.2, 0.25) is 0 Å². The fourth-order valence-electron chi connectivity index (χ4n) is 2.31. The number of ether oxygens (including phenoxy) is 1. The minimum Gasteiger partial charge on any atom is -0.491 e. The zero-order valence-electron chi connectivity index (χ0n) is 11.8. The van der Waals surface area contributed by atoms with Gasteiger partial charge in [-0.05, 0) is 45.0 Å². The fraction of sp³-hybridized carbons (Fsp3) is 0.533. The van der Waals surface area contributed by atoms with Crippen LogP contribution in [0.25, 0.3) is 0 Å². The van der Waals surface area contributed by atoms with Crippen molar-refractivity contribution in [1.82, 2.24) is 10.2 Å². The molecule has 1 N–H and O–H groups in total. The second-order valence-electron chi connectivity index (χ2n) is 5.26. The van der Waals surface area contributed by atoms with Crippen molar-refractivity contribution in [3.05, 3.63) is 29.8 Å². The quantitative estimate of drug-likeness (QED) is 0.901. The SMILES string of the molecule is CC(C)Oc1cccc(C(=O)N(C)[C@@H]2CCNC2)c1. The molecule has 1 aromatic carbocycles.